The van der Waals surface area contributed by atoms with Crippen LogP contribution in [0.25, 0.3) is 0 Å². The summed E-state index contributed by atoms with van der Waals surface area (Å²) >= 11 is 3.33. The lowest BCUT2D eigenvalue weighted by Gasteiger charge is -2.48. The molecule has 198 valence electrons. The molecule has 5 aliphatic rings. The molecule has 1 aromatic rings. The van der Waals surface area contributed by atoms with Crippen LogP contribution < -0.4 is 9.64 Å². The SMILES string of the molecule is C[C@]1(CS(=O)(=O)[O-])[C@H]2CC[C@]1(C)C(=O)[C@@H]2Br.C[NH+]1CC[C@@]23CCC[C@@H]1[C@H]2Oc1ccc([N+](=O)[O-])cc13. The van der Waals surface area contributed by atoms with Crippen molar-refractivity contribution in [3.8, 4) is 5.75 Å². The van der Waals surface area contributed by atoms with Crippen LogP contribution in [0.3, 0.4) is 0 Å². The number of nitrogens with one attached hydrogen (secondary N) is 1. The number of hydrogen-bond donors (Lipinski definition) is 1. The summed E-state index contributed by atoms with van der Waals surface area (Å²) < 4.78 is 39.2. The third-order valence-electron chi connectivity index (χ3n) is 10.3. The van der Waals surface area contributed by atoms with Crippen LogP contribution in [-0.4, -0.2) is 60.0 Å². The highest BCUT2D eigenvalue weighted by Gasteiger charge is 2.68. The molecule has 9 nitrogen and oxygen atoms in total. The van der Waals surface area contributed by atoms with Crippen LogP contribution in [-0.2, 0) is 20.3 Å². The van der Waals surface area contributed by atoms with E-state index in [-0.39, 0.29) is 38.7 Å². The first kappa shape index (κ1) is 26.1. The smallest absolute Gasteiger partial charge is 0.269 e. The first-order valence-electron chi connectivity index (χ1n) is 12.6. The minimum atomic E-state index is -4.30. The van der Waals surface area contributed by atoms with Gasteiger partial charge >= 0.3 is 0 Å². The van der Waals surface area contributed by atoms with E-state index >= 15 is 0 Å². The first-order chi connectivity index (χ1) is 16.7. The van der Waals surface area contributed by atoms with E-state index in [0.717, 1.165) is 37.1 Å². The van der Waals surface area contributed by atoms with E-state index in [4.69, 9.17) is 4.74 Å². The standard InChI is InChI=1S/C15H18N2O3.C10H15BrO4S/c1-16-8-7-15-6-2-3-12(16)14(15)20-13-5-4-10(17(18)19)9-11(13)15;1-9-4-3-6(7(11)8(9)12)10(9,2)5-16(13,14)15/h4-5,9,12,14H,2-3,6-8H2,1H3;6-7H,3-5H2,1-2H3,(H,13,14,15)/t12-,14-,15-;6-,7+,9+,10-/m10/s1. The second-order valence-electron chi connectivity index (χ2n) is 11.8. The molecule has 0 radical (unpaired) electrons. The van der Waals surface area contributed by atoms with E-state index in [1.165, 1.54) is 12.8 Å². The molecule has 0 spiro atoms. The fourth-order valence-corrected chi connectivity index (χ4v) is 10.6. The Morgan fingerprint density at radius 1 is 1.22 bits per heavy atom. The predicted molar refractivity (Wildman–Crippen MR) is 134 cm³/mol. The number of hydrogen-bond acceptors (Lipinski definition) is 7. The number of ketones is 1. The van der Waals surface area contributed by atoms with Crippen LogP contribution in [0.4, 0.5) is 5.69 Å². The number of non-ortho nitro benzene ring substituents is 1. The highest BCUT2D eigenvalue weighted by molar-refractivity contribution is 9.10. The van der Waals surface area contributed by atoms with Crippen molar-refractivity contribution in [1.29, 1.82) is 0 Å². The molecule has 0 aromatic heterocycles. The molecule has 1 unspecified atom stereocenters. The number of alkyl halides is 1. The molecule has 36 heavy (non-hydrogen) atoms. The van der Waals surface area contributed by atoms with Gasteiger partial charge < -0.3 is 14.2 Å². The highest BCUT2D eigenvalue weighted by atomic mass is 79.9. The van der Waals surface area contributed by atoms with Gasteiger partial charge in [-0.2, -0.15) is 0 Å². The predicted octanol–water partition coefficient (Wildman–Crippen LogP) is 2.36. The van der Waals surface area contributed by atoms with Crippen LogP contribution in [0.5, 0.6) is 5.75 Å². The number of Topliss-reactive ketones (excluding diaryl/α,β-unsaturated/α-hetero) is 1. The molecule has 1 N–H and O–H groups in total. The Bertz CT molecular complexity index is 1220. The summed E-state index contributed by atoms with van der Waals surface area (Å²) in [6.45, 7) is 4.69. The van der Waals surface area contributed by atoms with E-state index in [0.29, 0.717) is 12.5 Å². The van der Waals surface area contributed by atoms with Gasteiger partial charge in [-0.25, -0.2) is 8.42 Å². The number of ether oxygens (including phenoxy) is 1. The average Bonchev–Trinajstić information content (AvgIpc) is 3.31. The minimum Gasteiger partial charge on any atom is -0.748 e. The average molecular weight is 586 g/mol. The lowest BCUT2D eigenvalue weighted by Crippen LogP contribution is -3.17. The molecule has 3 aliphatic carbocycles. The maximum atomic E-state index is 12.0. The lowest BCUT2D eigenvalue weighted by molar-refractivity contribution is -0.918. The van der Waals surface area contributed by atoms with E-state index in [9.17, 15) is 27.9 Å². The number of likely N-dealkylation sites (tertiary alicyclic amines) is 1. The molecule has 4 fully saturated rings. The highest BCUT2D eigenvalue weighted by Crippen LogP contribution is 2.65. The number of fused-ring (bicyclic) bond motifs is 3. The summed E-state index contributed by atoms with van der Waals surface area (Å²) in [5.41, 5.74) is -0.0592. The number of piperidine rings is 1. The van der Waals surface area contributed by atoms with Crippen molar-refractivity contribution in [1.82, 2.24) is 0 Å². The summed E-state index contributed by atoms with van der Waals surface area (Å²) in [7, 11) is -2.06. The summed E-state index contributed by atoms with van der Waals surface area (Å²) in [5.74, 6) is 0.459. The Labute approximate surface area is 220 Å². The van der Waals surface area contributed by atoms with Gasteiger partial charge in [-0.3, -0.25) is 14.9 Å². The number of likely N-dealkylation sites (N-methyl/N-ethyl adjacent to an activating group) is 1. The van der Waals surface area contributed by atoms with Crippen LogP contribution in [0, 0.1) is 26.9 Å². The summed E-state index contributed by atoms with van der Waals surface area (Å²) in [6.07, 6.45) is 6.29. The van der Waals surface area contributed by atoms with Crippen molar-refractivity contribution in [3.63, 3.8) is 0 Å². The summed E-state index contributed by atoms with van der Waals surface area (Å²) in [6, 6.07) is 5.65. The Hall–Kier alpha value is -1.56. The fourth-order valence-electron chi connectivity index (χ4n) is 8.02. The largest absolute Gasteiger partial charge is 0.748 e. The Morgan fingerprint density at radius 2 is 1.94 bits per heavy atom. The molecule has 0 amide bonds. The van der Waals surface area contributed by atoms with E-state index in [2.05, 4.69) is 23.0 Å². The number of rotatable bonds is 3. The van der Waals surface area contributed by atoms with Gasteiger partial charge in [0.2, 0.25) is 0 Å². The van der Waals surface area contributed by atoms with Crippen LogP contribution in [0.1, 0.15) is 57.9 Å². The molecule has 1 aromatic carbocycles. The van der Waals surface area contributed by atoms with Gasteiger partial charge in [0.05, 0.1) is 33.5 Å². The number of nitro benzene ring substituents is 1. The quantitative estimate of drug-likeness (QED) is 0.249. The number of nitro groups is 1. The summed E-state index contributed by atoms with van der Waals surface area (Å²) in [4.78, 5) is 24.0. The van der Waals surface area contributed by atoms with Crippen molar-refractivity contribution in [2.75, 3.05) is 19.3 Å². The van der Waals surface area contributed by atoms with Gasteiger partial charge in [-0.15, -0.1) is 0 Å². The van der Waals surface area contributed by atoms with Gasteiger partial charge in [0.15, 0.2) is 11.9 Å². The number of halogens is 1. The molecule has 3 saturated carbocycles. The molecule has 2 aliphatic heterocycles. The van der Waals surface area contributed by atoms with E-state index in [1.807, 2.05) is 0 Å². The molecule has 6 rings (SSSR count). The van der Waals surface area contributed by atoms with Gasteiger partial charge in [-0.05, 0) is 43.1 Å². The maximum Gasteiger partial charge on any atom is 0.269 e. The maximum absolute atomic E-state index is 12.0. The third-order valence-corrected chi connectivity index (χ3v) is 12.3. The van der Waals surface area contributed by atoms with Gasteiger partial charge in [0.25, 0.3) is 5.69 Å². The van der Waals surface area contributed by atoms with Crippen molar-refractivity contribution in [2.24, 2.45) is 16.7 Å². The Morgan fingerprint density at radius 3 is 2.56 bits per heavy atom. The summed E-state index contributed by atoms with van der Waals surface area (Å²) in [5, 5.41) is 11.0. The second-order valence-corrected chi connectivity index (χ2v) is 14.2. The Balaban J connectivity index is 0.000000152. The van der Waals surface area contributed by atoms with E-state index < -0.39 is 26.7 Å². The molecule has 4 bridgehead atoms. The molecule has 1 saturated heterocycles. The van der Waals surface area contributed by atoms with Crippen molar-refractivity contribution >= 4 is 37.5 Å². The number of nitrogens with zero attached hydrogens (tertiary/aromatic N) is 1. The number of quaternary nitrogens is 1. The zero-order valence-corrected chi connectivity index (χ0v) is 23.2. The van der Waals surface area contributed by atoms with Gasteiger partial charge in [0.1, 0.15) is 11.8 Å². The number of carbonyl (C=O) groups excluding carboxylic acids is 1. The minimum absolute atomic E-state index is 0.0315. The first-order valence-corrected chi connectivity index (χ1v) is 15.1. The van der Waals surface area contributed by atoms with Crippen LogP contribution in [0.15, 0.2) is 18.2 Å². The van der Waals surface area contributed by atoms with Crippen molar-refractivity contribution in [2.45, 2.75) is 74.8 Å². The van der Waals surface area contributed by atoms with Gasteiger partial charge in [-0.1, -0.05) is 29.8 Å². The second kappa shape index (κ2) is 8.47. The fraction of sp³-hybridized carbons (Fsp3) is 0.720. The zero-order chi connectivity index (χ0) is 26.3. The van der Waals surface area contributed by atoms with Crippen LogP contribution >= 0.6 is 15.9 Å². The van der Waals surface area contributed by atoms with Gasteiger partial charge in [0, 0.05) is 47.1 Å². The van der Waals surface area contributed by atoms with Crippen LogP contribution in [0.2, 0.25) is 0 Å². The molecule has 2 heterocycles. The zero-order valence-electron chi connectivity index (χ0n) is 20.8. The Kier molecular flexibility index (Phi) is 6.14. The molecular formula is C25H33BrN2O7S. The molecular weight excluding hydrogens is 552 g/mol. The third kappa shape index (κ3) is 3.67. The normalized spacial score (nSPS) is 42.1. The van der Waals surface area contributed by atoms with Crippen molar-refractivity contribution in [3.05, 3.63) is 33.9 Å². The van der Waals surface area contributed by atoms with Crippen molar-refractivity contribution < 1.29 is 32.3 Å². The monoisotopic (exact) mass is 584 g/mol. The van der Waals surface area contributed by atoms with E-state index in [1.54, 1.807) is 36.9 Å². The number of carbonyl (C=O) groups is 1. The molecule has 11 heteroatoms. The topological polar surface area (TPSA) is 131 Å². The molecule has 8 atom stereocenters. The lowest BCUT2D eigenvalue weighted by atomic mass is 9.62. The number of benzene rings is 1.